The number of rotatable bonds is 9. The molecule has 0 N–H and O–H groups in total. The summed E-state index contributed by atoms with van der Waals surface area (Å²) in [6, 6.07) is 57.6. The van der Waals surface area contributed by atoms with Crippen LogP contribution in [0.15, 0.2) is 175 Å². The van der Waals surface area contributed by atoms with Crippen LogP contribution < -0.4 is 14.5 Å². The van der Waals surface area contributed by atoms with Crippen LogP contribution in [0.3, 0.4) is 0 Å². The summed E-state index contributed by atoms with van der Waals surface area (Å²) in [4.78, 5) is 10.1. The quantitative estimate of drug-likeness (QED) is 0.145. The molecule has 0 saturated carbocycles. The van der Waals surface area contributed by atoms with E-state index in [9.17, 15) is 0 Å². The van der Waals surface area contributed by atoms with Gasteiger partial charge in [0, 0.05) is 51.3 Å². The van der Waals surface area contributed by atoms with Crippen LogP contribution in [0.2, 0.25) is 0 Å². The monoisotopic (exact) mass is 885 g/mol. The summed E-state index contributed by atoms with van der Waals surface area (Å²) in [6.07, 6.45) is 1.94. The van der Waals surface area contributed by atoms with E-state index >= 15 is 0 Å². The number of hydrogen-bond donors (Lipinski definition) is 0. The molecule has 0 atom stereocenters. The molecule has 2 aromatic heterocycles. The van der Waals surface area contributed by atoms with Crippen molar-refractivity contribution >= 4 is 33.2 Å². The fraction of sp³-hybridized carbons (Fsp3) is 0.306. The predicted octanol–water partition coefficient (Wildman–Crippen LogP) is 16.3. The van der Waals surface area contributed by atoms with Gasteiger partial charge in [-0.25, -0.2) is 4.98 Å². The highest BCUT2D eigenvalue weighted by Gasteiger charge is 2.46. The molecular weight excluding hydrogens is 817 g/mol. The Morgan fingerprint density at radius 3 is 1.54 bits per heavy atom. The molecule has 342 valence electrons. The Morgan fingerprint density at radius 2 is 0.925 bits per heavy atom. The Balaban J connectivity index is 1.25. The van der Waals surface area contributed by atoms with Gasteiger partial charge in [-0.1, -0.05) is 181 Å². The van der Waals surface area contributed by atoms with E-state index in [2.05, 4.69) is 262 Å². The molecule has 6 aromatic carbocycles. The third-order valence-electron chi connectivity index (χ3n) is 14.0. The van der Waals surface area contributed by atoms with Gasteiger partial charge in [0.15, 0.2) is 0 Å². The number of anilines is 2. The highest BCUT2D eigenvalue weighted by molar-refractivity contribution is 6.09. The third-order valence-corrected chi connectivity index (χ3v) is 14.0. The second kappa shape index (κ2) is 16.6. The summed E-state index contributed by atoms with van der Waals surface area (Å²) in [5, 5.41) is 2.35. The van der Waals surface area contributed by atoms with Crippen molar-refractivity contribution < 1.29 is 4.74 Å². The molecule has 0 saturated heterocycles. The van der Waals surface area contributed by atoms with Crippen molar-refractivity contribution in [3.63, 3.8) is 0 Å². The first-order valence-electron chi connectivity index (χ1n) is 24.0. The standard InChI is InChI=1S/C62H68N4O/c1-58(2,3)44-27-22-28-47(35-44)64-41-65(57(62(12,13)43-25-18-15-19-26-43)56(64)61(10,11)42-23-16-14-17-24-42)48-36-46(60(7,8)9)37-50(39-48)67-49-31-32-52-51-29-20-21-30-53(51)66(54(52)40-49)55-38-45(33-34-63-55)59(4,5)6/h14-40H,41H2,1-13H3. The Morgan fingerprint density at radius 1 is 0.403 bits per heavy atom. The molecule has 0 aliphatic carbocycles. The Labute approximate surface area is 399 Å². The number of nitrogens with zero attached hydrogens (tertiary/aromatic N) is 4. The van der Waals surface area contributed by atoms with E-state index in [0.717, 1.165) is 39.4 Å². The molecule has 8 aromatic rings. The largest absolute Gasteiger partial charge is 0.457 e. The van der Waals surface area contributed by atoms with Crippen molar-refractivity contribution in [1.29, 1.82) is 0 Å². The highest BCUT2D eigenvalue weighted by Crippen LogP contribution is 2.51. The molecule has 0 radical (unpaired) electrons. The summed E-state index contributed by atoms with van der Waals surface area (Å²) < 4.78 is 9.42. The third kappa shape index (κ3) is 8.54. The van der Waals surface area contributed by atoms with E-state index in [0.29, 0.717) is 6.67 Å². The van der Waals surface area contributed by atoms with Crippen molar-refractivity contribution in [2.24, 2.45) is 0 Å². The van der Waals surface area contributed by atoms with Crippen LogP contribution in [0.25, 0.3) is 27.6 Å². The van der Waals surface area contributed by atoms with Gasteiger partial charge < -0.3 is 14.5 Å². The molecule has 0 spiro atoms. The lowest BCUT2D eigenvalue weighted by Crippen LogP contribution is -2.35. The van der Waals surface area contributed by atoms with Gasteiger partial charge in [0.2, 0.25) is 0 Å². The Hall–Kier alpha value is -6.59. The van der Waals surface area contributed by atoms with Crippen LogP contribution in [-0.2, 0) is 27.1 Å². The zero-order chi connectivity index (χ0) is 47.7. The highest BCUT2D eigenvalue weighted by atomic mass is 16.5. The molecule has 5 heteroatoms. The lowest BCUT2D eigenvalue weighted by Gasteiger charge is -2.38. The number of para-hydroxylation sites is 1. The normalized spacial score (nSPS) is 14.2. The van der Waals surface area contributed by atoms with Crippen molar-refractivity contribution in [1.82, 2.24) is 9.55 Å². The van der Waals surface area contributed by atoms with Crippen LogP contribution in [0.4, 0.5) is 11.4 Å². The summed E-state index contributed by atoms with van der Waals surface area (Å²) in [5.74, 6) is 2.47. The molecule has 0 unspecified atom stereocenters. The van der Waals surface area contributed by atoms with E-state index in [-0.39, 0.29) is 21.7 Å². The molecule has 1 aliphatic rings. The summed E-state index contributed by atoms with van der Waals surface area (Å²) in [6.45, 7) is 30.7. The molecule has 5 nitrogen and oxygen atoms in total. The number of aromatic nitrogens is 2. The minimum Gasteiger partial charge on any atom is -0.457 e. The first-order chi connectivity index (χ1) is 31.6. The van der Waals surface area contributed by atoms with Gasteiger partial charge >= 0.3 is 0 Å². The molecule has 1 aliphatic heterocycles. The smallest absolute Gasteiger partial charge is 0.137 e. The lowest BCUT2D eigenvalue weighted by atomic mass is 9.73. The summed E-state index contributed by atoms with van der Waals surface area (Å²) >= 11 is 0. The van der Waals surface area contributed by atoms with Gasteiger partial charge in [-0.3, -0.25) is 4.57 Å². The van der Waals surface area contributed by atoms with Crippen LogP contribution in [-0.4, -0.2) is 16.2 Å². The number of hydrogen-bond acceptors (Lipinski definition) is 4. The number of pyridine rings is 1. The molecule has 0 bridgehead atoms. The number of allylic oxidation sites excluding steroid dienone is 2. The van der Waals surface area contributed by atoms with Crippen LogP contribution in [0.1, 0.15) is 118 Å². The molecule has 0 amide bonds. The Bertz CT molecular complexity index is 3130. The topological polar surface area (TPSA) is 33.5 Å². The SMILES string of the molecule is CC(C)(C)c1cccc(N2CN(c3cc(Oc4ccc5c6ccccc6n(-c6cc(C(C)(C)C)ccn6)c5c4)cc(C(C)(C)C)c3)C(C(C)(C)c3ccccc3)=C2C(C)(C)c2ccccc2)c1. The summed E-state index contributed by atoms with van der Waals surface area (Å²) in [7, 11) is 0. The molecule has 0 fully saturated rings. The molecule has 9 rings (SSSR count). The van der Waals surface area contributed by atoms with Gasteiger partial charge in [-0.15, -0.1) is 0 Å². The van der Waals surface area contributed by atoms with Crippen LogP contribution in [0, 0.1) is 0 Å². The van der Waals surface area contributed by atoms with Gasteiger partial charge in [-0.2, -0.15) is 0 Å². The summed E-state index contributed by atoms with van der Waals surface area (Å²) in [5.41, 5.74) is 12.3. The zero-order valence-electron chi connectivity index (χ0n) is 42.0. The maximum Gasteiger partial charge on any atom is 0.137 e. The first-order valence-corrected chi connectivity index (χ1v) is 24.0. The van der Waals surface area contributed by atoms with Crippen molar-refractivity contribution in [2.45, 2.75) is 117 Å². The fourth-order valence-electron chi connectivity index (χ4n) is 9.99. The van der Waals surface area contributed by atoms with Crippen LogP contribution in [0.5, 0.6) is 11.5 Å². The molecule has 3 heterocycles. The number of fused-ring (bicyclic) bond motifs is 3. The van der Waals surface area contributed by atoms with Crippen molar-refractivity contribution in [2.75, 3.05) is 16.5 Å². The fourth-order valence-corrected chi connectivity index (χ4v) is 9.99. The van der Waals surface area contributed by atoms with Crippen molar-refractivity contribution in [3.8, 4) is 17.3 Å². The average molecular weight is 885 g/mol. The predicted molar refractivity (Wildman–Crippen MR) is 283 cm³/mol. The maximum atomic E-state index is 7.13. The van der Waals surface area contributed by atoms with Crippen molar-refractivity contribution in [3.05, 3.63) is 203 Å². The lowest BCUT2D eigenvalue weighted by molar-refractivity contribution is 0.479. The second-order valence-electron chi connectivity index (χ2n) is 22.7. The van der Waals surface area contributed by atoms with E-state index < -0.39 is 5.41 Å². The van der Waals surface area contributed by atoms with Gasteiger partial charge in [-0.05, 0) is 98.7 Å². The van der Waals surface area contributed by atoms with Gasteiger partial charge in [0.05, 0.1) is 29.1 Å². The molecular formula is C62H68N4O. The van der Waals surface area contributed by atoms with Crippen LogP contribution >= 0.6 is 0 Å². The van der Waals surface area contributed by atoms with E-state index in [1.807, 2.05) is 6.20 Å². The average Bonchev–Trinajstić information content (AvgIpc) is 3.87. The van der Waals surface area contributed by atoms with Gasteiger partial charge in [0.1, 0.15) is 17.3 Å². The maximum absolute atomic E-state index is 7.13. The van der Waals surface area contributed by atoms with E-state index in [1.165, 1.54) is 50.3 Å². The van der Waals surface area contributed by atoms with E-state index in [1.54, 1.807) is 0 Å². The molecule has 67 heavy (non-hydrogen) atoms. The minimum absolute atomic E-state index is 0.0159. The Kier molecular flexibility index (Phi) is 11.3. The number of ether oxygens (including phenoxy) is 1. The zero-order valence-corrected chi connectivity index (χ0v) is 42.0. The van der Waals surface area contributed by atoms with Gasteiger partial charge in [0.25, 0.3) is 0 Å². The first kappa shape index (κ1) is 45.6. The van der Waals surface area contributed by atoms with E-state index in [4.69, 9.17) is 9.72 Å². The number of benzene rings is 6. The minimum atomic E-state index is -0.408. The second-order valence-corrected chi connectivity index (χ2v) is 22.7.